The molecule has 4 aliphatic carbocycles. The Labute approximate surface area is 249 Å². The predicted molar refractivity (Wildman–Crippen MR) is 165 cm³/mol. The van der Waals surface area contributed by atoms with E-state index in [-0.39, 0.29) is 28.7 Å². The summed E-state index contributed by atoms with van der Waals surface area (Å²) < 4.78 is 19.7. The fourth-order valence-corrected chi connectivity index (χ4v) is 11.6. The summed E-state index contributed by atoms with van der Waals surface area (Å²) in [6.45, 7) is 8.46. The molecule has 2 unspecified atom stereocenters. The zero-order valence-electron chi connectivity index (χ0n) is 24.7. The minimum absolute atomic E-state index is 0.126. The minimum Gasteiger partial charge on any atom is -0.430 e. The second kappa shape index (κ2) is 9.39. The molecule has 4 saturated carbocycles. The van der Waals surface area contributed by atoms with Crippen molar-refractivity contribution in [2.45, 2.75) is 78.1 Å². The zero-order valence-corrected chi connectivity index (χ0v) is 25.5. The average Bonchev–Trinajstić information content (AvgIpc) is 3.42. The molecule has 42 heavy (non-hydrogen) atoms. The first-order valence-corrected chi connectivity index (χ1v) is 16.6. The van der Waals surface area contributed by atoms with Gasteiger partial charge in [0.25, 0.3) is 0 Å². The Kier molecular flexibility index (Phi) is 5.90. The van der Waals surface area contributed by atoms with Crippen molar-refractivity contribution in [2.75, 3.05) is 0 Å². The third kappa shape index (κ3) is 3.84. The van der Waals surface area contributed by atoms with Gasteiger partial charge in [0.1, 0.15) is 5.75 Å². The standard InChI is InChI=1S/C36H37O5S/c1-19-11-28(42-22(4)21(3)33-29-8-6-5-7-25(29)9-10-31(33)42)12-20(2)34(19)39-32(37)18-30-35(38)41-36(40-30)26-14-23-13-24(16-26)17-27(36)15-23/h5-12,23-24,26-27,30H,13-18H2,1-4H3/q+1. The number of rotatable bonds is 4. The third-order valence-corrected chi connectivity index (χ3v) is 13.1. The van der Waals surface area contributed by atoms with Crippen molar-refractivity contribution >= 4 is 43.3 Å². The molecule has 1 aliphatic heterocycles. The van der Waals surface area contributed by atoms with E-state index < -0.39 is 23.8 Å². The SMILES string of the molecule is Cc1cc(-[s+]2c(C)c(C)c3c4ccccc4ccc32)cc(C)c1OC(=O)CC1OC2(OC1=O)C1CC3CC(C1)CC2C3. The van der Waals surface area contributed by atoms with Crippen LogP contribution in [0.3, 0.4) is 0 Å². The van der Waals surface area contributed by atoms with E-state index in [9.17, 15) is 9.59 Å². The molecule has 5 aliphatic rings. The summed E-state index contributed by atoms with van der Waals surface area (Å²) in [5, 5.41) is 3.90. The number of ether oxygens (including phenoxy) is 3. The summed E-state index contributed by atoms with van der Waals surface area (Å²) in [6, 6.07) is 17.4. The van der Waals surface area contributed by atoms with E-state index in [2.05, 4.69) is 62.4 Å². The van der Waals surface area contributed by atoms with Crippen LogP contribution in [0.4, 0.5) is 0 Å². The molecule has 4 aromatic rings. The Bertz CT molecular complexity index is 1750. The molecule has 3 aromatic carbocycles. The Morgan fingerprint density at radius 2 is 1.60 bits per heavy atom. The van der Waals surface area contributed by atoms with Gasteiger partial charge in [-0.05, 0) is 98.7 Å². The van der Waals surface area contributed by atoms with Crippen LogP contribution < -0.4 is 4.74 Å². The highest BCUT2D eigenvalue weighted by Gasteiger charge is 2.65. The van der Waals surface area contributed by atoms with E-state index >= 15 is 0 Å². The number of aryl methyl sites for hydroxylation is 3. The number of hydrogen-bond acceptors (Lipinski definition) is 5. The Balaban J connectivity index is 1.04. The highest BCUT2D eigenvalue weighted by molar-refractivity contribution is 7.45. The fraction of sp³-hybridized carbons (Fsp3) is 0.444. The Morgan fingerprint density at radius 3 is 2.29 bits per heavy atom. The normalized spacial score (nSPS) is 30.0. The van der Waals surface area contributed by atoms with Crippen LogP contribution in [-0.2, 0) is 19.1 Å². The molecule has 2 heterocycles. The van der Waals surface area contributed by atoms with Gasteiger partial charge in [-0.3, -0.25) is 4.79 Å². The van der Waals surface area contributed by atoms with Crippen molar-refractivity contribution in [2.24, 2.45) is 23.7 Å². The van der Waals surface area contributed by atoms with Gasteiger partial charge in [0.15, 0.2) is 20.6 Å². The first-order valence-electron chi connectivity index (χ1n) is 15.4. The number of fused-ring (bicyclic) bond motifs is 3. The summed E-state index contributed by atoms with van der Waals surface area (Å²) in [4.78, 5) is 28.8. The molecule has 1 aromatic heterocycles. The van der Waals surface area contributed by atoms with Crippen molar-refractivity contribution in [3.05, 3.63) is 70.1 Å². The molecular formula is C36H37O5S+. The van der Waals surface area contributed by atoms with Crippen molar-refractivity contribution in [1.82, 2.24) is 0 Å². The molecule has 0 N–H and O–H groups in total. The van der Waals surface area contributed by atoms with E-state index in [1.165, 1.54) is 42.6 Å². The van der Waals surface area contributed by atoms with Crippen LogP contribution in [0.5, 0.6) is 5.75 Å². The molecule has 216 valence electrons. The van der Waals surface area contributed by atoms with Gasteiger partial charge in [-0.1, -0.05) is 24.3 Å². The van der Waals surface area contributed by atoms with E-state index in [1.54, 1.807) is 0 Å². The maximum Gasteiger partial charge on any atom is 0.338 e. The van der Waals surface area contributed by atoms with Gasteiger partial charge in [-0.25, -0.2) is 4.79 Å². The Morgan fingerprint density at radius 1 is 0.929 bits per heavy atom. The summed E-state index contributed by atoms with van der Waals surface area (Å²) in [5.41, 5.74) is 3.17. The summed E-state index contributed by atoms with van der Waals surface area (Å²) in [7, 11) is -0.197. The molecule has 5 fully saturated rings. The lowest BCUT2D eigenvalue weighted by Gasteiger charge is -2.57. The van der Waals surface area contributed by atoms with Gasteiger partial charge in [-0.15, -0.1) is 0 Å². The minimum atomic E-state index is -0.892. The molecular weight excluding hydrogens is 544 g/mol. The van der Waals surface area contributed by atoms with Crippen LogP contribution in [-0.4, -0.2) is 23.8 Å². The summed E-state index contributed by atoms with van der Waals surface area (Å²) >= 11 is 0. The van der Waals surface area contributed by atoms with Crippen LogP contribution in [0.2, 0.25) is 0 Å². The van der Waals surface area contributed by atoms with E-state index in [0.717, 1.165) is 48.6 Å². The molecule has 0 amide bonds. The largest absolute Gasteiger partial charge is 0.430 e. The van der Waals surface area contributed by atoms with Crippen molar-refractivity contribution < 1.29 is 23.8 Å². The van der Waals surface area contributed by atoms with Crippen LogP contribution >= 0.6 is 10.5 Å². The van der Waals surface area contributed by atoms with Gasteiger partial charge in [0, 0.05) is 46.9 Å². The number of thiophene rings is 1. The van der Waals surface area contributed by atoms with Crippen LogP contribution in [0.15, 0.2) is 48.5 Å². The van der Waals surface area contributed by atoms with Gasteiger partial charge in [0.05, 0.1) is 11.8 Å². The first kappa shape index (κ1) is 26.4. The smallest absolute Gasteiger partial charge is 0.338 e. The zero-order chi connectivity index (χ0) is 28.9. The molecule has 1 saturated heterocycles. The lowest BCUT2D eigenvalue weighted by molar-refractivity contribution is -0.290. The molecule has 5 nitrogen and oxygen atoms in total. The highest BCUT2D eigenvalue weighted by atomic mass is 32.2. The van der Waals surface area contributed by atoms with Gasteiger partial charge in [-0.2, -0.15) is 0 Å². The van der Waals surface area contributed by atoms with Crippen LogP contribution in [0.25, 0.3) is 25.8 Å². The van der Waals surface area contributed by atoms with E-state index in [4.69, 9.17) is 14.2 Å². The second-order valence-corrected chi connectivity index (χ2v) is 15.4. The van der Waals surface area contributed by atoms with Crippen molar-refractivity contribution in [1.29, 1.82) is 0 Å². The van der Waals surface area contributed by atoms with E-state index in [1.807, 2.05) is 13.8 Å². The topological polar surface area (TPSA) is 61.8 Å². The molecule has 9 rings (SSSR count). The lowest BCUT2D eigenvalue weighted by atomic mass is 9.53. The monoisotopic (exact) mass is 581 g/mol. The van der Waals surface area contributed by atoms with Crippen molar-refractivity contribution in [3.63, 3.8) is 0 Å². The highest BCUT2D eigenvalue weighted by Crippen LogP contribution is 2.61. The molecule has 2 atom stereocenters. The Hall–Kier alpha value is -3.22. The molecule has 4 bridgehead atoms. The van der Waals surface area contributed by atoms with Crippen LogP contribution in [0.1, 0.15) is 60.1 Å². The van der Waals surface area contributed by atoms with Crippen LogP contribution in [0, 0.1) is 51.4 Å². The van der Waals surface area contributed by atoms with Gasteiger partial charge in [0.2, 0.25) is 5.79 Å². The van der Waals surface area contributed by atoms with Gasteiger partial charge >= 0.3 is 11.9 Å². The summed E-state index contributed by atoms with van der Waals surface area (Å²) in [6.07, 6.45) is 4.57. The number of carbonyl (C=O) groups is 2. The molecule has 1 spiro atoms. The maximum absolute atomic E-state index is 13.2. The van der Waals surface area contributed by atoms with Crippen molar-refractivity contribution in [3.8, 4) is 10.6 Å². The fourth-order valence-electron chi connectivity index (χ4n) is 8.95. The second-order valence-electron chi connectivity index (χ2n) is 13.3. The molecule has 0 radical (unpaired) electrons. The van der Waals surface area contributed by atoms with E-state index in [0.29, 0.717) is 5.75 Å². The molecule has 6 heteroatoms. The average molecular weight is 582 g/mol. The summed E-state index contributed by atoms with van der Waals surface area (Å²) in [5.74, 6) is 0.875. The number of benzene rings is 3. The quantitative estimate of drug-likeness (QED) is 0.138. The first-order chi connectivity index (χ1) is 20.2. The number of hydrogen-bond donors (Lipinski definition) is 0. The van der Waals surface area contributed by atoms with Gasteiger partial charge < -0.3 is 14.2 Å². The number of esters is 2. The lowest BCUT2D eigenvalue weighted by Crippen LogP contribution is -2.58. The maximum atomic E-state index is 13.2. The predicted octanol–water partition coefficient (Wildman–Crippen LogP) is 8.35. The number of carbonyl (C=O) groups excluding carboxylic acids is 2. The third-order valence-electron chi connectivity index (χ3n) is 10.7.